The van der Waals surface area contributed by atoms with Crippen molar-refractivity contribution in [3.63, 3.8) is 0 Å². The van der Waals surface area contributed by atoms with Crippen LogP contribution in [0, 0.1) is 12.3 Å². The highest BCUT2D eigenvalue weighted by Crippen LogP contribution is 2.41. The maximum atomic E-state index is 12.2. The Bertz CT molecular complexity index is 1150. The van der Waals surface area contributed by atoms with E-state index < -0.39 is 50.3 Å². The summed E-state index contributed by atoms with van der Waals surface area (Å²) in [4.78, 5) is 36.1. The minimum absolute atomic E-state index is 0.139. The summed E-state index contributed by atoms with van der Waals surface area (Å²) in [6, 6.07) is 19.8. The molecule has 0 spiro atoms. The molecule has 0 radical (unpaired) electrons. The zero-order valence-corrected chi connectivity index (χ0v) is 23.6. The molecular weight excluding hydrogens is 504 g/mol. The van der Waals surface area contributed by atoms with Gasteiger partial charge in [0.25, 0.3) is 8.32 Å². The molecule has 4 unspecified atom stereocenters. The number of carbonyl (C=O) groups is 3. The normalized spacial score (nSPS) is 23.2. The van der Waals surface area contributed by atoms with Crippen molar-refractivity contribution in [2.75, 3.05) is 6.61 Å². The van der Waals surface area contributed by atoms with Crippen molar-refractivity contribution in [2.45, 2.75) is 70.7 Å². The van der Waals surface area contributed by atoms with Gasteiger partial charge in [0.15, 0.2) is 0 Å². The molecule has 202 valence electrons. The van der Waals surface area contributed by atoms with Crippen molar-refractivity contribution in [1.29, 1.82) is 0 Å². The Morgan fingerprint density at radius 3 is 1.79 bits per heavy atom. The van der Waals surface area contributed by atoms with E-state index in [2.05, 4.69) is 26.7 Å². The van der Waals surface area contributed by atoms with E-state index in [9.17, 15) is 14.4 Å². The molecule has 4 atom stereocenters. The molecule has 1 aliphatic rings. The lowest BCUT2D eigenvalue weighted by Gasteiger charge is -2.44. The lowest BCUT2D eigenvalue weighted by atomic mass is 9.93. The van der Waals surface area contributed by atoms with Crippen molar-refractivity contribution in [3.8, 4) is 12.3 Å². The molecule has 1 fully saturated rings. The van der Waals surface area contributed by atoms with Crippen LogP contribution in [0.15, 0.2) is 60.7 Å². The number of hydrogen-bond donors (Lipinski definition) is 0. The summed E-state index contributed by atoms with van der Waals surface area (Å²) in [7, 11) is -3.04. The first-order valence-electron chi connectivity index (χ1n) is 12.3. The summed E-state index contributed by atoms with van der Waals surface area (Å²) >= 11 is 0. The van der Waals surface area contributed by atoms with E-state index in [1.165, 1.54) is 20.8 Å². The van der Waals surface area contributed by atoms with Crippen LogP contribution in [0.4, 0.5) is 0 Å². The third-order valence-corrected chi connectivity index (χ3v) is 11.4. The van der Waals surface area contributed by atoms with Crippen LogP contribution in [-0.2, 0) is 37.8 Å². The fourth-order valence-corrected chi connectivity index (χ4v) is 9.54. The molecule has 3 rings (SSSR count). The topological polar surface area (TPSA) is 97.4 Å². The van der Waals surface area contributed by atoms with Gasteiger partial charge in [-0.3, -0.25) is 14.4 Å². The van der Waals surface area contributed by atoms with Gasteiger partial charge < -0.3 is 23.4 Å². The first kappa shape index (κ1) is 29.1. The van der Waals surface area contributed by atoms with Crippen LogP contribution in [0.3, 0.4) is 0 Å². The zero-order valence-electron chi connectivity index (χ0n) is 22.6. The number of esters is 3. The summed E-state index contributed by atoms with van der Waals surface area (Å²) in [5.74, 6) is 0.353. The van der Waals surface area contributed by atoms with Gasteiger partial charge in [-0.05, 0) is 15.4 Å². The number of ether oxygens (including phenoxy) is 4. The first-order valence-corrected chi connectivity index (χ1v) is 14.2. The first-order chi connectivity index (χ1) is 17.9. The number of rotatable bonds is 8. The van der Waals surface area contributed by atoms with Gasteiger partial charge in [0.05, 0.1) is 6.61 Å². The third-order valence-electron chi connectivity index (χ3n) is 6.43. The predicted molar refractivity (Wildman–Crippen MR) is 143 cm³/mol. The zero-order chi connectivity index (χ0) is 28.1. The number of carbonyl (C=O) groups excluding carboxylic acids is 3. The van der Waals surface area contributed by atoms with Gasteiger partial charge in [-0.15, -0.1) is 6.42 Å². The van der Waals surface area contributed by atoms with Crippen molar-refractivity contribution in [3.05, 3.63) is 60.7 Å². The summed E-state index contributed by atoms with van der Waals surface area (Å²) in [5.41, 5.74) is -1.90. The number of benzene rings is 2. The summed E-state index contributed by atoms with van der Waals surface area (Å²) < 4.78 is 29.3. The summed E-state index contributed by atoms with van der Waals surface area (Å²) in [6.45, 7) is 9.73. The third kappa shape index (κ3) is 5.68. The molecule has 2 aromatic rings. The average molecular weight is 539 g/mol. The van der Waals surface area contributed by atoms with E-state index in [0.29, 0.717) is 0 Å². The van der Waals surface area contributed by atoms with Gasteiger partial charge >= 0.3 is 17.9 Å². The fraction of sp³-hybridized carbons (Fsp3) is 0.414. The molecule has 38 heavy (non-hydrogen) atoms. The molecule has 0 N–H and O–H groups in total. The Morgan fingerprint density at radius 2 is 1.39 bits per heavy atom. The highest BCUT2D eigenvalue weighted by molar-refractivity contribution is 6.99. The Morgan fingerprint density at radius 1 is 0.895 bits per heavy atom. The Kier molecular flexibility index (Phi) is 8.82. The van der Waals surface area contributed by atoms with E-state index in [-0.39, 0.29) is 11.6 Å². The summed E-state index contributed by atoms with van der Waals surface area (Å²) in [5, 5.41) is 1.67. The van der Waals surface area contributed by atoms with E-state index in [1.807, 2.05) is 60.7 Å². The molecule has 0 aliphatic carbocycles. The van der Waals surface area contributed by atoms with Crippen LogP contribution < -0.4 is 10.4 Å². The van der Waals surface area contributed by atoms with Crippen LogP contribution in [0.25, 0.3) is 0 Å². The molecule has 9 heteroatoms. The van der Waals surface area contributed by atoms with Gasteiger partial charge in [0, 0.05) is 20.8 Å². The highest BCUT2D eigenvalue weighted by Gasteiger charge is 2.63. The van der Waals surface area contributed by atoms with Crippen LogP contribution in [0.2, 0.25) is 5.04 Å². The fourth-order valence-electron chi connectivity index (χ4n) is 4.99. The Labute approximate surface area is 224 Å². The van der Waals surface area contributed by atoms with Crippen molar-refractivity contribution < 1.29 is 37.8 Å². The van der Waals surface area contributed by atoms with Crippen molar-refractivity contribution in [2.24, 2.45) is 0 Å². The monoisotopic (exact) mass is 538 g/mol. The molecule has 0 saturated carbocycles. The van der Waals surface area contributed by atoms with Gasteiger partial charge in [0.2, 0.25) is 18.0 Å². The second-order valence-corrected chi connectivity index (χ2v) is 14.4. The minimum atomic E-state index is -3.04. The van der Waals surface area contributed by atoms with E-state index in [1.54, 1.807) is 0 Å². The van der Waals surface area contributed by atoms with Crippen LogP contribution >= 0.6 is 0 Å². The van der Waals surface area contributed by atoms with Crippen LogP contribution in [0.1, 0.15) is 41.5 Å². The van der Waals surface area contributed by atoms with Gasteiger partial charge in [-0.1, -0.05) is 87.4 Å². The van der Waals surface area contributed by atoms with Gasteiger partial charge in [-0.2, -0.15) is 0 Å². The smallest absolute Gasteiger partial charge is 0.305 e. The molecule has 0 aromatic heterocycles. The number of hydrogen-bond acceptors (Lipinski definition) is 8. The maximum Gasteiger partial charge on any atom is 0.305 e. The van der Waals surface area contributed by atoms with Crippen molar-refractivity contribution in [1.82, 2.24) is 0 Å². The summed E-state index contributed by atoms with van der Waals surface area (Å²) in [6.07, 6.45) is 2.01. The van der Waals surface area contributed by atoms with Crippen LogP contribution in [0.5, 0.6) is 0 Å². The highest BCUT2D eigenvalue weighted by atomic mass is 28.4. The van der Waals surface area contributed by atoms with E-state index in [0.717, 1.165) is 10.4 Å². The van der Waals surface area contributed by atoms with Gasteiger partial charge in [0.1, 0.15) is 6.10 Å². The minimum Gasteiger partial charge on any atom is -0.450 e. The molecule has 2 aromatic carbocycles. The Balaban J connectivity index is 2.14. The van der Waals surface area contributed by atoms with E-state index in [4.69, 9.17) is 29.8 Å². The van der Waals surface area contributed by atoms with Crippen molar-refractivity contribution >= 4 is 36.6 Å². The molecule has 0 bridgehead atoms. The standard InChI is InChI=1S/C29H34O8Si/c1-8-29(37-22(4)32)25(36-27(35-21(3)31)26(29)34-20(2)30)19-33-38(28(5,6)7,23-15-11-9-12-16-23)24-17-13-10-14-18-24/h1,9-18,25-27H,19H2,2-7H3. The van der Waals surface area contributed by atoms with Gasteiger partial charge in [-0.25, -0.2) is 0 Å². The largest absolute Gasteiger partial charge is 0.450 e. The number of terminal acetylenes is 1. The predicted octanol–water partition coefficient (Wildman–Crippen LogP) is 2.72. The molecule has 8 nitrogen and oxygen atoms in total. The quantitative estimate of drug-likeness (QED) is 0.219. The second kappa shape index (κ2) is 11.5. The molecular formula is C29H34O8Si. The molecule has 1 heterocycles. The van der Waals surface area contributed by atoms with E-state index >= 15 is 0 Å². The Hall–Kier alpha value is -3.45. The second-order valence-electron chi connectivity index (χ2n) is 10.1. The average Bonchev–Trinajstić information content (AvgIpc) is 3.10. The molecule has 1 saturated heterocycles. The lowest BCUT2D eigenvalue weighted by molar-refractivity contribution is -0.197. The SMILES string of the molecule is C#CC1(OC(C)=O)C(CO[Si](c2ccccc2)(c2ccccc2)C(C)(C)C)OC(OC(C)=O)C1OC(C)=O. The van der Waals surface area contributed by atoms with Crippen LogP contribution in [-0.4, -0.2) is 56.9 Å². The molecule has 1 aliphatic heterocycles. The lowest BCUT2D eigenvalue weighted by Crippen LogP contribution is -2.67. The maximum absolute atomic E-state index is 12.2. The molecule has 0 amide bonds.